The minimum Gasteiger partial charge on any atom is -0.497 e. The maximum atomic E-state index is 14.2. The van der Waals surface area contributed by atoms with Gasteiger partial charge in [0.05, 0.1) is 7.11 Å². The molecule has 19 heavy (non-hydrogen) atoms. The maximum Gasteiger partial charge on any atom is 0.131 e. The summed E-state index contributed by atoms with van der Waals surface area (Å²) < 4.78 is 19.3. The summed E-state index contributed by atoms with van der Waals surface area (Å²) in [6, 6.07) is 5.37. The van der Waals surface area contributed by atoms with Gasteiger partial charge in [-0.1, -0.05) is 25.8 Å². The van der Waals surface area contributed by atoms with Crippen LogP contribution in [0.2, 0.25) is 0 Å². The number of nitrogens with one attached hydrogen (secondary N) is 1. The second-order valence-electron chi connectivity index (χ2n) is 5.36. The standard InChI is InChI=1S/C16H24FNO/c1-3-10-18-16(12-6-4-5-7-12)14-9-8-13(19-2)11-15(14)17/h8-9,11-12,16,18H,3-7,10H2,1-2H3. The highest BCUT2D eigenvalue weighted by atomic mass is 19.1. The molecule has 1 atom stereocenters. The van der Waals surface area contributed by atoms with Gasteiger partial charge in [-0.3, -0.25) is 0 Å². The van der Waals surface area contributed by atoms with Crippen molar-refractivity contribution in [2.45, 2.75) is 45.1 Å². The van der Waals surface area contributed by atoms with Gasteiger partial charge >= 0.3 is 0 Å². The Bertz CT molecular complexity index is 402. The van der Waals surface area contributed by atoms with Gasteiger partial charge in [-0.05, 0) is 37.8 Å². The highest BCUT2D eigenvalue weighted by molar-refractivity contribution is 5.31. The predicted octanol–water partition coefficient (Wildman–Crippen LogP) is 4.07. The van der Waals surface area contributed by atoms with Crippen molar-refractivity contribution in [2.24, 2.45) is 5.92 Å². The summed E-state index contributed by atoms with van der Waals surface area (Å²) in [6.45, 7) is 3.08. The van der Waals surface area contributed by atoms with Crippen LogP contribution < -0.4 is 10.1 Å². The van der Waals surface area contributed by atoms with Crippen LogP contribution in [0, 0.1) is 11.7 Å². The van der Waals surface area contributed by atoms with Crippen molar-refractivity contribution < 1.29 is 9.13 Å². The normalized spacial score (nSPS) is 17.6. The van der Waals surface area contributed by atoms with Gasteiger partial charge in [0.25, 0.3) is 0 Å². The first-order valence-electron chi connectivity index (χ1n) is 7.33. The quantitative estimate of drug-likeness (QED) is 0.837. The van der Waals surface area contributed by atoms with Crippen LogP contribution in [0.15, 0.2) is 18.2 Å². The lowest BCUT2D eigenvalue weighted by atomic mass is 9.91. The lowest BCUT2D eigenvalue weighted by molar-refractivity contribution is 0.355. The third-order valence-corrected chi connectivity index (χ3v) is 4.03. The van der Waals surface area contributed by atoms with Crippen molar-refractivity contribution in [3.8, 4) is 5.75 Å². The van der Waals surface area contributed by atoms with Crippen LogP contribution in [-0.2, 0) is 0 Å². The van der Waals surface area contributed by atoms with Crippen molar-refractivity contribution in [3.05, 3.63) is 29.6 Å². The van der Waals surface area contributed by atoms with Crippen LogP contribution in [0.4, 0.5) is 4.39 Å². The van der Waals surface area contributed by atoms with Crippen LogP contribution in [0.1, 0.15) is 50.6 Å². The Labute approximate surface area is 115 Å². The van der Waals surface area contributed by atoms with E-state index in [2.05, 4.69) is 12.2 Å². The average Bonchev–Trinajstić information content (AvgIpc) is 2.94. The lowest BCUT2D eigenvalue weighted by Gasteiger charge is -2.25. The van der Waals surface area contributed by atoms with E-state index >= 15 is 0 Å². The second kappa shape index (κ2) is 6.90. The third kappa shape index (κ3) is 3.47. The Balaban J connectivity index is 2.20. The largest absolute Gasteiger partial charge is 0.497 e. The summed E-state index contributed by atoms with van der Waals surface area (Å²) in [7, 11) is 1.57. The number of hydrogen-bond acceptors (Lipinski definition) is 2. The van der Waals surface area contributed by atoms with Crippen LogP contribution in [0.5, 0.6) is 5.75 Å². The Kier molecular flexibility index (Phi) is 5.20. The summed E-state index contributed by atoms with van der Waals surface area (Å²) in [4.78, 5) is 0. The van der Waals surface area contributed by atoms with Gasteiger partial charge in [0.2, 0.25) is 0 Å². The first-order chi connectivity index (χ1) is 9.26. The van der Waals surface area contributed by atoms with Crippen molar-refractivity contribution in [3.63, 3.8) is 0 Å². The molecule has 0 saturated heterocycles. The molecule has 1 aliphatic carbocycles. The van der Waals surface area contributed by atoms with Crippen molar-refractivity contribution in [1.82, 2.24) is 5.32 Å². The summed E-state index contributed by atoms with van der Waals surface area (Å²) in [5, 5.41) is 3.53. The van der Waals surface area contributed by atoms with Crippen molar-refractivity contribution in [2.75, 3.05) is 13.7 Å². The fourth-order valence-corrected chi connectivity index (χ4v) is 3.01. The molecule has 1 aliphatic rings. The molecule has 1 saturated carbocycles. The topological polar surface area (TPSA) is 21.3 Å². The van der Waals surface area contributed by atoms with E-state index in [0.29, 0.717) is 11.7 Å². The second-order valence-corrected chi connectivity index (χ2v) is 5.36. The van der Waals surface area contributed by atoms with E-state index in [-0.39, 0.29) is 11.9 Å². The molecule has 0 heterocycles. The molecular weight excluding hydrogens is 241 g/mol. The zero-order chi connectivity index (χ0) is 13.7. The minimum absolute atomic E-state index is 0.147. The summed E-state index contributed by atoms with van der Waals surface area (Å²) in [5.74, 6) is 0.996. The maximum absolute atomic E-state index is 14.2. The molecule has 0 bridgehead atoms. The van der Waals surface area contributed by atoms with E-state index < -0.39 is 0 Å². The molecular formula is C16H24FNO. The molecule has 1 aromatic rings. The van der Waals surface area contributed by atoms with E-state index in [9.17, 15) is 4.39 Å². The number of methoxy groups -OCH3 is 1. The molecule has 1 unspecified atom stereocenters. The predicted molar refractivity (Wildman–Crippen MR) is 75.9 cm³/mol. The van der Waals surface area contributed by atoms with E-state index in [1.165, 1.54) is 31.7 Å². The average molecular weight is 265 g/mol. The minimum atomic E-state index is -0.153. The zero-order valence-electron chi connectivity index (χ0n) is 11.9. The molecule has 1 fully saturated rings. The molecule has 1 N–H and O–H groups in total. The Morgan fingerprint density at radius 1 is 1.37 bits per heavy atom. The van der Waals surface area contributed by atoms with Crippen LogP contribution >= 0.6 is 0 Å². The lowest BCUT2D eigenvalue weighted by Crippen LogP contribution is -2.28. The Morgan fingerprint density at radius 3 is 2.68 bits per heavy atom. The monoisotopic (exact) mass is 265 g/mol. The number of halogens is 1. The van der Waals surface area contributed by atoms with Gasteiger partial charge in [-0.2, -0.15) is 0 Å². The number of benzene rings is 1. The Hall–Kier alpha value is -1.09. The first-order valence-corrected chi connectivity index (χ1v) is 7.33. The molecule has 0 radical (unpaired) electrons. The van der Waals surface area contributed by atoms with Gasteiger partial charge in [-0.15, -0.1) is 0 Å². The fraction of sp³-hybridized carbons (Fsp3) is 0.625. The van der Waals surface area contributed by atoms with Crippen molar-refractivity contribution in [1.29, 1.82) is 0 Å². The van der Waals surface area contributed by atoms with E-state index in [0.717, 1.165) is 18.5 Å². The SMILES string of the molecule is CCCNC(c1ccc(OC)cc1F)C1CCCC1. The van der Waals surface area contributed by atoms with Gasteiger partial charge in [-0.25, -0.2) is 4.39 Å². The molecule has 0 aromatic heterocycles. The molecule has 0 spiro atoms. The molecule has 1 aromatic carbocycles. The molecule has 0 aliphatic heterocycles. The summed E-state index contributed by atoms with van der Waals surface area (Å²) in [5.41, 5.74) is 0.793. The zero-order valence-corrected chi connectivity index (χ0v) is 11.9. The summed E-state index contributed by atoms with van der Waals surface area (Å²) in [6.07, 6.45) is 6.01. The van der Waals surface area contributed by atoms with E-state index in [1.54, 1.807) is 7.11 Å². The molecule has 0 amide bonds. The number of hydrogen-bond donors (Lipinski definition) is 1. The van der Waals surface area contributed by atoms with Crippen molar-refractivity contribution >= 4 is 0 Å². The van der Waals surface area contributed by atoms with E-state index in [4.69, 9.17) is 4.74 Å². The summed E-state index contributed by atoms with van der Waals surface area (Å²) >= 11 is 0. The van der Waals surface area contributed by atoms with Crippen LogP contribution in [-0.4, -0.2) is 13.7 Å². The fourth-order valence-electron chi connectivity index (χ4n) is 3.01. The smallest absolute Gasteiger partial charge is 0.131 e. The first kappa shape index (κ1) is 14.3. The van der Waals surface area contributed by atoms with Crippen LogP contribution in [0.25, 0.3) is 0 Å². The number of rotatable bonds is 6. The highest BCUT2D eigenvalue weighted by Gasteiger charge is 2.27. The molecule has 2 nitrogen and oxygen atoms in total. The molecule has 106 valence electrons. The van der Waals surface area contributed by atoms with Gasteiger partial charge in [0, 0.05) is 17.7 Å². The highest BCUT2D eigenvalue weighted by Crippen LogP contribution is 2.37. The molecule has 3 heteroatoms. The molecule has 2 rings (SSSR count). The van der Waals surface area contributed by atoms with Gasteiger partial charge < -0.3 is 10.1 Å². The van der Waals surface area contributed by atoms with E-state index in [1.807, 2.05) is 12.1 Å². The van der Waals surface area contributed by atoms with Gasteiger partial charge in [0.1, 0.15) is 11.6 Å². The third-order valence-electron chi connectivity index (χ3n) is 4.03. The van der Waals surface area contributed by atoms with Gasteiger partial charge in [0.15, 0.2) is 0 Å². The van der Waals surface area contributed by atoms with Crippen LogP contribution in [0.3, 0.4) is 0 Å². The number of ether oxygens (including phenoxy) is 1. The Morgan fingerprint density at radius 2 is 2.11 bits per heavy atom.